The van der Waals surface area contributed by atoms with Crippen molar-refractivity contribution < 1.29 is 17.8 Å². The van der Waals surface area contributed by atoms with Gasteiger partial charge in [-0.3, -0.25) is 0 Å². The summed E-state index contributed by atoms with van der Waals surface area (Å²) < 4.78 is 15.8. The molecule has 0 aromatic carbocycles. The van der Waals surface area contributed by atoms with Gasteiger partial charge < -0.3 is 13.0 Å². The molecule has 0 saturated carbocycles. The first-order valence-corrected chi connectivity index (χ1v) is 15.0. The highest BCUT2D eigenvalue weighted by Gasteiger charge is 2.28. The quantitative estimate of drug-likeness (QED) is 0.298. The van der Waals surface area contributed by atoms with Gasteiger partial charge in [0.15, 0.2) is 16.6 Å². The van der Waals surface area contributed by atoms with Crippen molar-refractivity contribution in [3.8, 4) is 0 Å². The SMILES string of the molecule is C=C(C)C(=O)OCCC[Si](C)(C)O[Si](C)(C)C.[SiH3]O[SiH3]. The van der Waals surface area contributed by atoms with Gasteiger partial charge in [0.1, 0.15) is 21.0 Å². The highest BCUT2D eigenvalue weighted by atomic mass is 28.4. The summed E-state index contributed by atoms with van der Waals surface area (Å²) in [5, 5.41) is 0. The van der Waals surface area contributed by atoms with Crippen molar-refractivity contribution in [2.75, 3.05) is 6.61 Å². The number of hydrogen-bond acceptors (Lipinski definition) is 4. The molecular weight excluding hydrogens is 320 g/mol. The summed E-state index contributed by atoms with van der Waals surface area (Å²) in [7, 11) is -1.18. The fourth-order valence-electron chi connectivity index (χ4n) is 1.67. The van der Waals surface area contributed by atoms with Crippen LogP contribution in [-0.2, 0) is 17.8 Å². The van der Waals surface area contributed by atoms with Gasteiger partial charge in [-0.25, -0.2) is 4.79 Å². The molecule has 120 valence electrons. The highest BCUT2D eigenvalue weighted by molar-refractivity contribution is 6.84. The minimum absolute atomic E-state index is 0.296. The van der Waals surface area contributed by atoms with Crippen LogP contribution in [-0.4, -0.2) is 50.2 Å². The van der Waals surface area contributed by atoms with E-state index in [1.54, 1.807) is 6.92 Å². The van der Waals surface area contributed by atoms with E-state index in [0.29, 0.717) is 12.2 Å². The van der Waals surface area contributed by atoms with Crippen LogP contribution in [0.4, 0.5) is 0 Å². The molecule has 0 aliphatic heterocycles. The standard InChI is InChI=1S/C12H26O3Si2.H6OSi2/c1-11(2)12(13)14-9-8-10-17(6,7)15-16(3,4)5;2-1-3/h1,8-10H2,2-7H3;2-3H3. The van der Waals surface area contributed by atoms with Crippen molar-refractivity contribution in [3.63, 3.8) is 0 Å². The molecule has 0 fully saturated rings. The number of carbonyl (C=O) groups is 1. The number of carbonyl (C=O) groups excluding carboxylic acids is 1. The molecule has 0 saturated heterocycles. The average Bonchev–Trinajstić information content (AvgIpc) is 2.21. The van der Waals surface area contributed by atoms with E-state index < -0.39 is 16.6 Å². The lowest BCUT2D eigenvalue weighted by molar-refractivity contribution is -0.138. The third-order valence-corrected chi connectivity index (χ3v) is 8.30. The van der Waals surface area contributed by atoms with Gasteiger partial charge in [-0.15, -0.1) is 0 Å². The molecule has 0 unspecified atom stereocenters. The summed E-state index contributed by atoms with van der Waals surface area (Å²) in [5.74, 6) is -0.296. The number of esters is 1. The van der Waals surface area contributed by atoms with Gasteiger partial charge in [0.2, 0.25) is 0 Å². The van der Waals surface area contributed by atoms with E-state index in [-0.39, 0.29) is 5.97 Å². The molecule has 0 aliphatic carbocycles. The van der Waals surface area contributed by atoms with Crippen LogP contribution < -0.4 is 0 Å². The van der Waals surface area contributed by atoms with Gasteiger partial charge in [-0.2, -0.15) is 0 Å². The Morgan fingerprint density at radius 2 is 1.60 bits per heavy atom. The first-order chi connectivity index (χ1) is 8.95. The smallest absolute Gasteiger partial charge is 0.333 e. The molecule has 0 radical (unpaired) electrons. The van der Waals surface area contributed by atoms with Crippen molar-refractivity contribution in [3.05, 3.63) is 12.2 Å². The molecule has 0 rings (SSSR count). The van der Waals surface area contributed by atoms with Crippen LogP contribution in [0.2, 0.25) is 38.8 Å². The first kappa shape index (κ1) is 22.3. The molecule has 0 aromatic rings. The van der Waals surface area contributed by atoms with Crippen LogP contribution in [0.1, 0.15) is 13.3 Å². The lowest BCUT2D eigenvalue weighted by Crippen LogP contribution is -2.42. The van der Waals surface area contributed by atoms with Crippen molar-refractivity contribution >= 4 is 43.6 Å². The third-order valence-electron chi connectivity index (χ3n) is 2.09. The molecule has 20 heavy (non-hydrogen) atoms. The minimum Gasteiger partial charge on any atom is -0.471 e. The molecule has 4 nitrogen and oxygen atoms in total. The Morgan fingerprint density at radius 1 is 1.15 bits per heavy atom. The molecule has 0 aromatic heterocycles. The van der Waals surface area contributed by atoms with Crippen LogP contribution in [0.15, 0.2) is 12.2 Å². The second-order valence-electron chi connectivity index (χ2n) is 6.40. The van der Waals surface area contributed by atoms with Crippen LogP contribution in [0.25, 0.3) is 0 Å². The second kappa shape index (κ2) is 10.7. The van der Waals surface area contributed by atoms with Crippen LogP contribution in [0.5, 0.6) is 0 Å². The summed E-state index contributed by atoms with van der Waals surface area (Å²) in [6.07, 6.45) is 0.878. The van der Waals surface area contributed by atoms with Gasteiger partial charge in [0.25, 0.3) is 0 Å². The van der Waals surface area contributed by atoms with E-state index in [4.69, 9.17) is 8.85 Å². The predicted molar refractivity (Wildman–Crippen MR) is 98.1 cm³/mol. The van der Waals surface area contributed by atoms with Crippen LogP contribution in [0.3, 0.4) is 0 Å². The van der Waals surface area contributed by atoms with E-state index in [1.165, 1.54) is 0 Å². The molecule has 0 heterocycles. The summed E-state index contributed by atoms with van der Waals surface area (Å²) in [6, 6.07) is 1.03. The Hall–Kier alpha value is -0.00247. The van der Waals surface area contributed by atoms with Gasteiger partial charge in [0, 0.05) is 5.57 Å². The zero-order chi connectivity index (χ0) is 16.4. The molecule has 0 spiro atoms. The lowest BCUT2D eigenvalue weighted by atomic mass is 10.4. The molecule has 0 N–H and O–H groups in total. The van der Waals surface area contributed by atoms with Crippen molar-refractivity contribution in [2.24, 2.45) is 0 Å². The van der Waals surface area contributed by atoms with Crippen molar-refractivity contribution in [1.82, 2.24) is 0 Å². The van der Waals surface area contributed by atoms with Crippen molar-refractivity contribution in [2.45, 2.75) is 52.1 Å². The summed E-state index contributed by atoms with van der Waals surface area (Å²) in [5.41, 5.74) is 0.458. The Labute approximate surface area is 132 Å². The maximum atomic E-state index is 11.2. The topological polar surface area (TPSA) is 44.8 Å². The monoisotopic (exact) mass is 352 g/mol. The Morgan fingerprint density at radius 3 is 1.95 bits per heavy atom. The Bertz CT molecular complexity index is 300. The maximum Gasteiger partial charge on any atom is 0.333 e. The lowest BCUT2D eigenvalue weighted by Gasteiger charge is -2.31. The van der Waals surface area contributed by atoms with E-state index in [2.05, 4.69) is 43.4 Å². The normalized spacial score (nSPS) is 11.7. The fourth-order valence-corrected chi connectivity index (χ4v) is 9.70. The number of rotatable bonds is 7. The number of ether oxygens (including phenoxy) is 1. The predicted octanol–water partition coefficient (Wildman–Crippen LogP) is 1.12. The average molecular weight is 353 g/mol. The van der Waals surface area contributed by atoms with Crippen LogP contribution >= 0.6 is 0 Å². The zero-order valence-corrected chi connectivity index (χ0v) is 20.5. The Kier molecular flexibility index (Phi) is 11.9. The molecule has 0 atom stereocenters. The third kappa shape index (κ3) is 16.1. The molecule has 8 heteroatoms. The first-order valence-electron chi connectivity index (χ1n) is 6.88. The van der Waals surface area contributed by atoms with Gasteiger partial charge in [-0.05, 0) is 52.1 Å². The molecule has 0 bridgehead atoms. The van der Waals surface area contributed by atoms with E-state index in [9.17, 15) is 4.79 Å². The largest absolute Gasteiger partial charge is 0.471 e. The van der Waals surface area contributed by atoms with E-state index in [1.807, 2.05) is 0 Å². The van der Waals surface area contributed by atoms with E-state index in [0.717, 1.165) is 33.4 Å². The van der Waals surface area contributed by atoms with Crippen molar-refractivity contribution in [1.29, 1.82) is 0 Å². The maximum absolute atomic E-state index is 11.2. The summed E-state index contributed by atoms with van der Waals surface area (Å²) in [6.45, 7) is 16.8. The van der Waals surface area contributed by atoms with Gasteiger partial charge >= 0.3 is 5.97 Å². The van der Waals surface area contributed by atoms with Gasteiger partial charge in [0.05, 0.1) is 6.61 Å². The minimum atomic E-state index is -1.59. The molecule has 0 amide bonds. The molecular formula is C12H32O4Si4. The summed E-state index contributed by atoms with van der Waals surface area (Å²) in [4.78, 5) is 11.2. The highest BCUT2D eigenvalue weighted by Crippen LogP contribution is 2.19. The Balaban J connectivity index is 0. The zero-order valence-electron chi connectivity index (χ0n) is 14.5. The van der Waals surface area contributed by atoms with Crippen LogP contribution in [0, 0.1) is 0 Å². The van der Waals surface area contributed by atoms with Gasteiger partial charge in [-0.1, -0.05) is 6.58 Å². The summed E-state index contributed by atoms with van der Waals surface area (Å²) >= 11 is 0. The van der Waals surface area contributed by atoms with E-state index >= 15 is 0 Å². The molecule has 0 aliphatic rings. The fraction of sp³-hybridized carbons (Fsp3) is 0.750. The second-order valence-corrected chi connectivity index (χ2v) is 18.7. The number of hydrogen-bond donors (Lipinski definition) is 0.